The number of carbonyl (C=O) groups is 2. The number of pyridine rings is 1. The van der Waals surface area contributed by atoms with Crippen LogP contribution in [0.25, 0.3) is 10.4 Å². The van der Waals surface area contributed by atoms with Gasteiger partial charge in [0.05, 0.1) is 16.6 Å². The molecule has 1 atom stereocenters. The molecular formula is C27H23N5O4S. The summed E-state index contributed by atoms with van der Waals surface area (Å²) in [6, 6.07) is 20.9. The third-order valence-corrected chi connectivity index (χ3v) is 7.17. The van der Waals surface area contributed by atoms with Crippen molar-refractivity contribution in [2.45, 2.75) is 19.0 Å². The summed E-state index contributed by atoms with van der Waals surface area (Å²) in [4.78, 5) is 30.2. The quantitative estimate of drug-likeness (QED) is 0.290. The number of hydrazone groups is 1. The molecule has 0 spiro atoms. The summed E-state index contributed by atoms with van der Waals surface area (Å²) in [5.74, 6) is 0.172. The number of para-hydroxylation sites is 1. The maximum atomic E-state index is 13.7. The highest BCUT2D eigenvalue weighted by Crippen LogP contribution is 2.39. The number of rotatable bonds is 6. The van der Waals surface area contributed by atoms with E-state index in [0.29, 0.717) is 28.4 Å². The van der Waals surface area contributed by atoms with Crippen LogP contribution in [-0.4, -0.2) is 37.9 Å². The second-order valence-corrected chi connectivity index (χ2v) is 9.51. The molecule has 0 bridgehead atoms. The number of aromatic nitrogens is 1. The number of benzene rings is 2. The number of nitrogen functional groups attached to an aromatic ring is 1. The lowest BCUT2D eigenvalue weighted by atomic mass is 9.98. The number of nitrogens with two attached hydrogens (primary N) is 1. The molecule has 186 valence electrons. The standard InChI is InChI=1S/C27H23N5O4S/c28-25-12-9-17(15-29-25)20-13-21(19-7-3-4-8-22(19)33)32(31-20)26(34)24-11-10-23(37-24)18-6-2-1-5-16(18)14-30-27(35)36/h1-12,15,21,30,33H,13-14H2,(H2,28,29)(H,35,36). The number of anilines is 1. The maximum absolute atomic E-state index is 13.7. The number of phenolic OH excluding ortho intramolecular Hbond substituents is 1. The molecule has 4 aromatic rings. The minimum Gasteiger partial charge on any atom is -0.508 e. The molecule has 0 saturated heterocycles. The Bertz CT molecular complexity index is 1500. The minimum atomic E-state index is -1.11. The van der Waals surface area contributed by atoms with Crippen LogP contribution in [-0.2, 0) is 6.54 Å². The number of amides is 2. The van der Waals surface area contributed by atoms with E-state index in [9.17, 15) is 14.7 Å². The van der Waals surface area contributed by atoms with Crippen molar-refractivity contribution in [3.8, 4) is 16.2 Å². The van der Waals surface area contributed by atoms with Crippen molar-refractivity contribution < 1.29 is 19.8 Å². The fourth-order valence-electron chi connectivity index (χ4n) is 4.26. The van der Waals surface area contributed by atoms with Gasteiger partial charge < -0.3 is 21.3 Å². The SMILES string of the molecule is Nc1ccc(C2=NN(C(=O)c3ccc(-c4ccccc4CNC(=O)O)s3)C(c3ccccc3O)C2)cn1. The van der Waals surface area contributed by atoms with Gasteiger partial charge in [-0.2, -0.15) is 5.10 Å². The summed E-state index contributed by atoms with van der Waals surface area (Å²) < 4.78 is 0. The molecule has 3 heterocycles. The van der Waals surface area contributed by atoms with E-state index in [1.807, 2.05) is 42.5 Å². The summed E-state index contributed by atoms with van der Waals surface area (Å²) >= 11 is 1.30. The van der Waals surface area contributed by atoms with Gasteiger partial charge in [0.1, 0.15) is 11.6 Å². The number of carboxylic acid groups (broad SMARTS) is 1. The second-order valence-electron chi connectivity index (χ2n) is 8.43. The van der Waals surface area contributed by atoms with Crippen LogP contribution in [0.4, 0.5) is 10.6 Å². The maximum Gasteiger partial charge on any atom is 0.404 e. The van der Waals surface area contributed by atoms with Crippen LogP contribution in [0.3, 0.4) is 0 Å². The van der Waals surface area contributed by atoms with Gasteiger partial charge in [-0.1, -0.05) is 42.5 Å². The van der Waals surface area contributed by atoms with Crippen molar-refractivity contribution in [3.05, 3.63) is 101 Å². The van der Waals surface area contributed by atoms with Gasteiger partial charge in [-0.15, -0.1) is 11.3 Å². The third-order valence-electron chi connectivity index (χ3n) is 6.06. The van der Waals surface area contributed by atoms with Gasteiger partial charge in [-0.3, -0.25) is 4.79 Å². The van der Waals surface area contributed by atoms with Crippen molar-refractivity contribution in [1.29, 1.82) is 0 Å². The van der Waals surface area contributed by atoms with Gasteiger partial charge in [0.15, 0.2) is 0 Å². The van der Waals surface area contributed by atoms with Crippen molar-refractivity contribution >= 4 is 34.9 Å². The number of thiophene rings is 1. The van der Waals surface area contributed by atoms with E-state index in [1.54, 1.807) is 36.5 Å². The lowest BCUT2D eigenvalue weighted by Gasteiger charge is -2.22. The molecule has 0 aliphatic carbocycles. The zero-order chi connectivity index (χ0) is 25.9. The molecule has 1 aliphatic rings. The monoisotopic (exact) mass is 513 g/mol. The molecule has 5 rings (SSSR count). The van der Waals surface area contributed by atoms with Crippen LogP contribution in [0, 0.1) is 0 Å². The molecule has 9 nitrogen and oxygen atoms in total. The minimum absolute atomic E-state index is 0.0870. The Kier molecular flexibility index (Phi) is 6.57. The van der Waals surface area contributed by atoms with Gasteiger partial charge in [-0.05, 0) is 41.5 Å². The highest BCUT2D eigenvalue weighted by Gasteiger charge is 2.35. The largest absolute Gasteiger partial charge is 0.508 e. The van der Waals surface area contributed by atoms with Gasteiger partial charge in [-0.25, -0.2) is 14.8 Å². The Morgan fingerprint density at radius 3 is 2.59 bits per heavy atom. The Labute approximate surface area is 216 Å². The van der Waals surface area contributed by atoms with E-state index < -0.39 is 12.1 Å². The van der Waals surface area contributed by atoms with Crippen LogP contribution < -0.4 is 11.1 Å². The highest BCUT2D eigenvalue weighted by atomic mass is 32.1. The zero-order valence-electron chi connectivity index (χ0n) is 19.5. The molecule has 1 unspecified atom stereocenters. The van der Waals surface area contributed by atoms with Gasteiger partial charge in [0.2, 0.25) is 0 Å². The normalized spacial score (nSPS) is 14.9. The van der Waals surface area contributed by atoms with Crippen LogP contribution >= 0.6 is 11.3 Å². The molecule has 0 radical (unpaired) electrons. The first-order valence-corrected chi connectivity index (χ1v) is 12.3. The van der Waals surface area contributed by atoms with E-state index in [4.69, 9.17) is 10.8 Å². The van der Waals surface area contributed by atoms with E-state index >= 15 is 0 Å². The van der Waals surface area contributed by atoms with Gasteiger partial charge in [0, 0.05) is 35.2 Å². The molecule has 10 heteroatoms. The fraction of sp³-hybridized carbons (Fsp3) is 0.111. The number of nitrogens with zero attached hydrogens (tertiary/aromatic N) is 3. The predicted molar refractivity (Wildman–Crippen MR) is 141 cm³/mol. The van der Waals surface area contributed by atoms with Crippen LogP contribution in [0.15, 0.2) is 84.1 Å². The van der Waals surface area contributed by atoms with Crippen molar-refractivity contribution in [3.63, 3.8) is 0 Å². The average Bonchev–Trinajstić information content (AvgIpc) is 3.56. The first-order valence-electron chi connectivity index (χ1n) is 11.5. The summed E-state index contributed by atoms with van der Waals surface area (Å²) in [6.45, 7) is 0.150. The van der Waals surface area contributed by atoms with Crippen LogP contribution in [0.2, 0.25) is 0 Å². The van der Waals surface area contributed by atoms with Crippen molar-refractivity contribution in [2.24, 2.45) is 5.10 Å². The molecule has 2 aromatic heterocycles. The molecule has 0 fully saturated rings. The Morgan fingerprint density at radius 1 is 1.05 bits per heavy atom. The molecule has 5 N–H and O–H groups in total. The molecule has 1 aliphatic heterocycles. The van der Waals surface area contributed by atoms with Gasteiger partial charge in [0.25, 0.3) is 5.91 Å². The number of hydrogen-bond donors (Lipinski definition) is 4. The predicted octanol–water partition coefficient (Wildman–Crippen LogP) is 4.86. The van der Waals surface area contributed by atoms with Crippen LogP contribution in [0.5, 0.6) is 5.75 Å². The number of nitrogens with one attached hydrogen (secondary N) is 1. The smallest absolute Gasteiger partial charge is 0.404 e. The van der Waals surface area contributed by atoms with E-state index in [-0.39, 0.29) is 18.2 Å². The molecule has 2 amide bonds. The zero-order valence-corrected chi connectivity index (χ0v) is 20.4. The number of aromatic hydroxyl groups is 1. The van der Waals surface area contributed by atoms with Crippen LogP contribution in [0.1, 0.15) is 38.8 Å². The molecule has 0 saturated carbocycles. The molecule has 2 aromatic carbocycles. The summed E-state index contributed by atoms with van der Waals surface area (Å²) in [5, 5.41) is 28.0. The lowest BCUT2D eigenvalue weighted by Crippen LogP contribution is -2.26. The van der Waals surface area contributed by atoms with Gasteiger partial charge >= 0.3 is 6.09 Å². The fourth-order valence-corrected chi connectivity index (χ4v) is 5.25. The Morgan fingerprint density at radius 2 is 1.84 bits per heavy atom. The average molecular weight is 514 g/mol. The third kappa shape index (κ3) is 5.00. The summed E-state index contributed by atoms with van der Waals surface area (Å²) in [6.07, 6.45) is 0.915. The first kappa shape index (κ1) is 24.0. The number of phenols is 1. The topological polar surface area (TPSA) is 141 Å². The van der Waals surface area contributed by atoms with E-state index in [0.717, 1.165) is 21.6 Å². The first-order chi connectivity index (χ1) is 17.9. The lowest BCUT2D eigenvalue weighted by molar-refractivity contribution is 0.0714. The molecular weight excluding hydrogens is 490 g/mol. The highest BCUT2D eigenvalue weighted by molar-refractivity contribution is 7.17. The van der Waals surface area contributed by atoms with E-state index in [2.05, 4.69) is 15.4 Å². The second kappa shape index (κ2) is 10.1. The summed E-state index contributed by atoms with van der Waals surface area (Å²) in [5.41, 5.74) is 9.38. The Hall–Kier alpha value is -4.70. The van der Waals surface area contributed by atoms with E-state index in [1.165, 1.54) is 16.3 Å². The number of carbonyl (C=O) groups excluding carboxylic acids is 1. The number of hydrogen-bond acceptors (Lipinski definition) is 7. The molecule has 37 heavy (non-hydrogen) atoms. The van der Waals surface area contributed by atoms with Crippen molar-refractivity contribution in [2.75, 3.05) is 5.73 Å². The Balaban J connectivity index is 1.48. The summed E-state index contributed by atoms with van der Waals surface area (Å²) in [7, 11) is 0. The van der Waals surface area contributed by atoms with Crippen molar-refractivity contribution in [1.82, 2.24) is 15.3 Å².